The lowest BCUT2D eigenvalue weighted by Crippen LogP contribution is -2.62. The lowest BCUT2D eigenvalue weighted by molar-refractivity contribution is -0.210. The van der Waals surface area contributed by atoms with Crippen molar-refractivity contribution in [3.63, 3.8) is 0 Å². The summed E-state index contributed by atoms with van der Waals surface area (Å²) in [5.41, 5.74) is -0.0915. The lowest BCUT2D eigenvalue weighted by Gasteiger charge is -2.56. The Morgan fingerprint density at radius 3 is 2.74 bits per heavy atom. The van der Waals surface area contributed by atoms with E-state index in [0.717, 1.165) is 50.4 Å². The Morgan fingerprint density at radius 1 is 1.43 bits per heavy atom. The SMILES string of the molecule is CCOC1CC(O)C12CCN(C(=O)CC1CSCCN1)CC2.Cl. The molecule has 1 amide bonds. The number of amides is 1. The molecular formula is C16H29ClN2O3S. The quantitative estimate of drug-likeness (QED) is 0.787. The molecule has 7 heteroatoms. The molecule has 3 unspecified atom stereocenters. The number of piperidine rings is 1. The van der Waals surface area contributed by atoms with E-state index >= 15 is 0 Å². The Morgan fingerprint density at radius 2 is 2.17 bits per heavy atom. The van der Waals surface area contributed by atoms with E-state index < -0.39 is 0 Å². The van der Waals surface area contributed by atoms with Crippen LogP contribution in [0.25, 0.3) is 0 Å². The van der Waals surface area contributed by atoms with E-state index in [9.17, 15) is 9.90 Å². The van der Waals surface area contributed by atoms with E-state index in [2.05, 4.69) is 5.32 Å². The topological polar surface area (TPSA) is 61.8 Å². The number of thioether (sulfide) groups is 1. The maximum Gasteiger partial charge on any atom is 0.224 e. The molecule has 0 aromatic carbocycles. The van der Waals surface area contributed by atoms with Gasteiger partial charge < -0.3 is 20.1 Å². The molecule has 2 saturated heterocycles. The summed E-state index contributed by atoms with van der Waals surface area (Å²) in [4.78, 5) is 14.4. The van der Waals surface area contributed by atoms with Crippen LogP contribution < -0.4 is 5.32 Å². The highest BCUT2D eigenvalue weighted by molar-refractivity contribution is 7.99. The van der Waals surface area contributed by atoms with Gasteiger partial charge in [0, 0.05) is 62.0 Å². The van der Waals surface area contributed by atoms with Crippen molar-refractivity contribution in [3.8, 4) is 0 Å². The molecule has 1 spiro atoms. The molecule has 0 bridgehead atoms. The van der Waals surface area contributed by atoms with Gasteiger partial charge in [0.2, 0.25) is 5.91 Å². The highest BCUT2D eigenvalue weighted by atomic mass is 35.5. The summed E-state index contributed by atoms with van der Waals surface area (Å²) in [6.07, 6.45) is 3.04. The van der Waals surface area contributed by atoms with Gasteiger partial charge in [-0.05, 0) is 19.8 Å². The number of nitrogens with zero attached hydrogens (tertiary/aromatic N) is 1. The molecule has 3 rings (SSSR count). The molecule has 3 fully saturated rings. The van der Waals surface area contributed by atoms with Gasteiger partial charge in [0.25, 0.3) is 0 Å². The van der Waals surface area contributed by atoms with Crippen LogP contribution in [-0.4, -0.2) is 71.9 Å². The number of likely N-dealkylation sites (tertiary alicyclic amines) is 1. The largest absolute Gasteiger partial charge is 0.392 e. The van der Waals surface area contributed by atoms with Gasteiger partial charge >= 0.3 is 0 Å². The van der Waals surface area contributed by atoms with E-state index in [-0.39, 0.29) is 35.9 Å². The van der Waals surface area contributed by atoms with E-state index in [1.165, 1.54) is 0 Å². The molecule has 1 aliphatic carbocycles. The van der Waals surface area contributed by atoms with Gasteiger partial charge in [-0.25, -0.2) is 0 Å². The summed E-state index contributed by atoms with van der Waals surface area (Å²) >= 11 is 1.93. The minimum atomic E-state index is -0.252. The van der Waals surface area contributed by atoms with Gasteiger partial charge in [0.15, 0.2) is 0 Å². The summed E-state index contributed by atoms with van der Waals surface area (Å²) in [5.74, 6) is 2.44. The molecule has 3 aliphatic rings. The smallest absolute Gasteiger partial charge is 0.224 e. The number of ether oxygens (including phenoxy) is 1. The van der Waals surface area contributed by atoms with Gasteiger partial charge in [-0.15, -0.1) is 12.4 Å². The van der Waals surface area contributed by atoms with Crippen molar-refractivity contribution in [1.82, 2.24) is 10.2 Å². The third-order valence-corrected chi connectivity index (χ3v) is 6.71. The van der Waals surface area contributed by atoms with Crippen LogP contribution in [-0.2, 0) is 9.53 Å². The zero-order chi connectivity index (χ0) is 15.6. The second kappa shape index (κ2) is 8.39. The van der Waals surface area contributed by atoms with Crippen LogP contribution >= 0.6 is 24.2 Å². The zero-order valence-electron chi connectivity index (χ0n) is 13.8. The van der Waals surface area contributed by atoms with Gasteiger partial charge in [-0.3, -0.25) is 4.79 Å². The Kier molecular flexibility index (Phi) is 7.04. The number of aliphatic hydroxyl groups is 1. The number of hydrogen-bond donors (Lipinski definition) is 2. The minimum absolute atomic E-state index is 0. The van der Waals surface area contributed by atoms with Crippen molar-refractivity contribution in [3.05, 3.63) is 0 Å². The van der Waals surface area contributed by atoms with E-state index in [1.54, 1.807) is 0 Å². The molecule has 2 aliphatic heterocycles. The van der Waals surface area contributed by atoms with Crippen molar-refractivity contribution < 1.29 is 14.6 Å². The zero-order valence-corrected chi connectivity index (χ0v) is 15.5. The van der Waals surface area contributed by atoms with Crippen molar-refractivity contribution in [2.75, 3.05) is 37.7 Å². The number of aliphatic hydroxyl groups excluding tert-OH is 1. The fourth-order valence-electron chi connectivity index (χ4n) is 4.08. The predicted molar refractivity (Wildman–Crippen MR) is 95.3 cm³/mol. The Balaban J connectivity index is 0.00000192. The monoisotopic (exact) mass is 364 g/mol. The molecule has 0 aromatic heterocycles. The van der Waals surface area contributed by atoms with Crippen LogP contribution in [0.15, 0.2) is 0 Å². The first-order valence-electron chi connectivity index (χ1n) is 8.54. The molecule has 2 heterocycles. The molecule has 23 heavy (non-hydrogen) atoms. The highest BCUT2D eigenvalue weighted by Gasteiger charge is 2.56. The number of hydrogen-bond acceptors (Lipinski definition) is 5. The minimum Gasteiger partial charge on any atom is -0.392 e. The maximum absolute atomic E-state index is 12.5. The number of rotatable bonds is 4. The van der Waals surface area contributed by atoms with Gasteiger partial charge in [0.1, 0.15) is 0 Å². The summed E-state index contributed by atoms with van der Waals surface area (Å²) < 4.78 is 5.78. The van der Waals surface area contributed by atoms with Crippen LogP contribution in [0.3, 0.4) is 0 Å². The molecule has 2 N–H and O–H groups in total. The first-order valence-corrected chi connectivity index (χ1v) is 9.70. The van der Waals surface area contributed by atoms with Crippen LogP contribution in [0.1, 0.15) is 32.6 Å². The van der Waals surface area contributed by atoms with E-state index in [1.807, 2.05) is 23.6 Å². The third-order valence-electron chi connectivity index (χ3n) is 5.58. The molecule has 3 atom stereocenters. The molecule has 134 valence electrons. The van der Waals surface area contributed by atoms with Crippen molar-refractivity contribution in [1.29, 1.82) is 0 Å². The first kappa shape index (κ1) is 19.3. The van der Waals surface area contributed by atoms with Gasteiger partial charge in [0.05, 0.1) is 12.2 Å². The Bertz CT molecular complexity index is 397. The highest BCUT2D eigenvalue weighted by Crippen LogP contribution is 2.50. The fourth-order valence-corrected chi connectivity index (χ4v) is 5.03. The fraction of sp³-hybridized carbons (Fsp3) is 0.938. The average Bonchev–Trinajstić information content (AvgIpc) is 2.56. The van der Waals surface area contributed by atoms with Crippen LogP contribution in [0.4, 0.5) is 0 Å². The van der Waals surface area contributed by atoms with Gasteiger partial charge in [-0.2, -0.15) is 11.8 Å². The summed E-state index contributed by atoms with van der Waals surface area (Å²) in [6, 6.07) is 0.326. The maximum atomic E-state index is 12.5. The van der Waals surface area contributed by atoms with Crippen LogP contribution in [0, 0.1) is 5.41 Å². The number of nitrogens with one attached hydrogen (secondary N) is 1. The third kappa shape index (κ3) is 3.98. The second-order valence-electron chi connectivity index (χ2n) is 6.74. The van der Waals surface area contributed by atoms with E-state index in [0.29, 0.717) is 19.1 Å². The van der Waals surface area contributed by atoms with Gasteiger partial charge in [-0.1, -0.05) is 0 Å². The molecule has 1 saturated carbocycles. The Labute approximate surface area is 149 Å². The van der Waals surface area contributed by atoms with Crippen LogP contribution in [0.2, 0.25) is 0 Å². The van der Waals surface area contributed by atoms with Crippen molar-refractivity contribution >= 4 is 30.1 Å². The molecular weight excluding hydrogens is 336 g/mol. The summed E-state index contributed by atoms with van der Waals surface area (Å²) in [5, 5.41) is 13.6. The average molecular weight is 365 g/mol. The standard InChI is InChI=1S/C16H28N2O3S.ClH/c1-2-21-14-10-13(19)16(14)3-6-18(7-4-16)15(20)9-12-11-22-8-5-17-12;/h12-14,17,19H,2-11H2,1H3;1H. The number of carbonyl (C=O) groups is 1. The lowest BCUT2D eigenvalue weighted by atomic mass is 9.58. The molecule has 0 radical (unpaired) electrons. The number of carbonyl (C=O) groups excluding carboxylic acids is 1. The summed E-state index contributed by atoms with van der Waals surface area (Å²) in [6.45, 7) is 5.24. The van der Waals surface area contributed by atoms with E-state index in [4.69, 9.17) is 4.74 Å². The second-order valence-corrected chi connectivity index (χ2v) is 7.89. The summed E-state index contributed by atoms with van der Waals surface area (Å²) in [7, 11) is 0. The Hall–Kier alpha value is -0.0100. The first-order chi connectivity index (χ1) is 10.7. The number of halogens is 1. The van der Waals surface area contributed by atoms with Crippen molar-refractivity contribution in [2.45, 2.75) is 50.9 Å². The molecule has 0 aromatic rings. The van der Waals surface area contributed by atoms with Crippen molar-refractivity contribution in [2.24, 2.45) is 5.41 Å². The normalized spacial score (nSPS) is 33.0. The van der Waals surface area contributed by atoms with Crippen LogP contribution in [0.5, 0.6) is 0 Å². The molecule has 5 nitrogen and oxygen atoms in total. The predicted octanol–water partition coefficient (Wildman–Crippen LogP) is 1.28.